The van der Waals surface area contributed by atoms with Crippen LogP contribution in [0.1, 0.15) is 36.5 Å². The molecule has 23 heavy (non-hydrogen) atoms. The van der Waals surface area contributed by atoms with Gasteiger partial charge < -0.3 is 19.1 Å². The normalized spacial score (nSPS) is 18.4. The maximum atomic E-state index is 12.9. The van der Waals surface area contributed by atoms with Gasteiger partial charge in [0.1, 0.15) is 0 Å². The van der Waals surface area contributed by atoms with E-state index in [2.05, 4.69) is 15.9 Å². The van der Waals surface area contributed by atoms with Gasteiger partial charge in [0, 0.05) is 13.2 Å². The summed E-state index contributed by atoms with van der Waals surface area (Å²) in [6.45, 7) is 3.25. The van der Waals surface area contributed by atoms with Gasteiger partial charge >= 0.3 is 0 Å². The largest absolute Gasteiger partial charge is 0.493 e. The highest BCUT2D eigenvalue weighted by molar-refractivity contribution is 9.10. The number of hydrogen-bond donors (Lipinski definition) is 1. The number of carbonyl (C=O) groups excluding carboxylic acids is 1. The van der Waals surface area contributed by atoms with Crippen LogP contribution in [0.25, 0.3) is 0 Å². The smallest absolute Gasteiger partial charge is 0.247 e. The van der Waals surface area contributed by atoms with Gasteiger partial charge in [-0.15, -0.1) is 0 Å². The van der Waals surface area contributed by atoms with Crippen molar-refractivity contribution in [3.8, 4) is 11.5 Å². The first-order valence-corrected chi connectivity index (χ1v) is 9.62. The standard InChI is InChI=1S/C16H22BrNO4Si/c1-3-22-15-13(21-2)8-7-12(14(15)17)16(20)18-9-5-4-6-11(10-19)23-18/h7-8,11,19H,3-6,9-10H2,1-2H3/t11-/m0/s1. The molecule has 1 aliphatic rings. The topological polar surface area (TPSA) is 59.0 Å². The van der Waals surface area contributed by atoms with E-state index in [1.807, 2.05) is 11.5 Å². The second-order valence-corrected chi connectivity index (χ2v) is 7.76. The van der Waals surface area contributed by atoms with Gasteiger partial charge in [-0.3, -0.25) is 4.79 Å². The van der Waals surface area contributed by atoms with E-state index >= 15 is 0 Å². The number of nitrogens with zero attached hydrogens (tertiary/aromatic N) is 1. The average molecular weight is 400 g/mol. The summed E-state index contributed by atoms with van der Waals surface area (Å²) in [6.07, 6.45) is 3.00. The monoisotopic (exact) mass is 399 g/mol. The van der Waals surface area contributed by atoms with Crippen LogP contribution in [0.15, 0.2) is 16.6 Å². The van der Waals surface area contributed by atoms with Crippen LogP contribution in [0.3, 0.4) is 0 Å². The Balaban J connectivity index is 2.29. The van der Waals surface area contributed by atoms with Crippen molar-refractivity contribution >= 4 is 31.5 Å². The maximum Gasteiger partial charge on any atom is 0.247 e. The first-order valence-electron chi connectivity index (χ1n) is 7.80. The number of aliphatic hydroxyl groups is 1. The van der Waals surface area contributed by atoms with Crippen molar-refractivity contribution in [1.29, 1.82) is 0 Å². The van der Waals surface area contributed by atoms with Crippen LogP contribution in [0, 0.1) is 0 Å². The summed E-state index contributed by atoms with van der Waals surface area (Å²) in [6, 6.07) is 3.52. The lowest BCUT2D eigenvalue weighted by Crippen LogP contribution is -2.37. The molecule has 2 rings (SSSR count). The summed E-state index contributed by atoms with van der Waals surface area (Å²) in [7, 11) is 1.89. The molecule has 1 heterocycles. The van der Waals surface area contributed by atoms with E-state index in [1.165, 1.54) is 0 Å². The third-order valence-electron chi connectivity index (χ3n) is 3.79. The van der Waals surface area contributed by atoms with E-state index in [1.54, 1.807) is 19.2 Å². The number of ether oxygens (including phenoxy) is 2. The molecule has 0 aromatic heterocycles. The van der Waals surface area contributed by atoms with E-state index in [0.29, 0.717) is 37.8 Å². The third kappa shape index (κ3) is 4.27. The lowest BCUT2D eigenvalue weighted by atomic mass is 10.1. The van der Waals surface area contributed by atoms with Crippen molar-refractivity contribution < 1.29 is 19.4 Å². The van der Waals surface area contributed by atoms with Gasteiger partial charge in [0.2, 0.25) is 5.91 Å². The Morgan fingerprint density at radius 3 is 2.91 bits per heavy atom. The van der Waals surface area contributed by atoms with Crippen molar-refractivity contribution in [2.24, 2.45) is 0 Å². The number of aliphatic hydroxyl groups excluding tert-OH is 1. The minimum absolute atomic E-state index is 0.0286. The summed E-state index contributed by atoms with van der Waals surface area (Å²) >= 11 is 3.49. The Bertz CT molecular complexity index is 555. The van der Waals surface area contributed by atoms with Crippen LogP contribution in [-0.4, -0.2) is 52.1 Å². The molecule has 0 bridgehead atoms. The molecular formula is C16H22BrNO4Si. The Morgan fingerprint density at radius 1 is 1.48 bits per heavy atom. The van der Waals surface area contributed by atoms with Crippen molar-refractivity contribution in [2.45, 2.75) is 31.7 Å². The average Bonchev–Trinajstić information content (AvgIpc) is 2.81. The van der Waals surface area contributed by atoms with Gasteiger partial charge in [-0.2, -0.15) is 0 Å². The zero-order valence-electron chi connectivity index (χ0n) is 13.5. The second kappa shape index (κ2) is 8.70. The minimum Gasteiger partial charge on any atom is -0.493 e. The van der Waals surface area contributed by atoms with Crippen LogP contribution in [0.5, 0.6) is 11.5 Å². The summed E-state index contributed by atoms with van der Waals surface area (Å²) < 4.78 is 13.4. The molecule has 1 saturated heterocycles. The minimum atomic E-state index is -0.0286. The van der Waals surface area contributed by atoms with Crippen LogP contribution in [0.2, 0.25) is 5.54 Å². The number of carbonyl (C=O) groups is 1. The summed E-state index contributed by atoms with van der Waals surface area (Å²) in [5.74, 6) is 1.12. The van der Waals surface area contributed by atoms with Crippen molar-refractivity contribution in [2.75, 3.05) is 26.9 Å². The fraction of sp³-hybridized carbons (Fsp3) is 0.562. The van der Waals surface area contributed by atoms with Crippen LogP contribution < -0.4 is 9.47 Å². The SMILES string of the molecule is CCOc1c(OC)ccc(C(=O)N2CCCC[C@@H](CO)[Si]2)c1Br. The van der Waals surface area contributed by atoms with Gasteiger partial charge in [0.05, 0.1) is 23.8 Å². The number of halogens is 1. The molecule has 1 N–H and O–H groups in total. The Morgan fingerprint density at radius 2 is 2.26 bits per heavy atom. The molecule has 7 heteroatoms. The van der Waals surface area contributed by atoms with Crippen molar-refractivity contribution in [3.63, 3.8) is 0 Å². The molecule has 0 unspecified atom stereocenters. The summed E-state index contributed by atoms with van der Waals surface area (Å²) in [5.41, 5.74) is 0.755. The van der Waals surface area contributed by atoms with Gasteiger partial charge in [-0.25, -0.2) is 0 Å². The Labute approximate surface area is 148 Å². The van der Waals surface area contributed by atoms with E-state index in [0.717, 1.165) is 25.8 Å². The van der Waals surface area contributed by atoms with E-state index < -0.39 is 0 Å². The third-order valence-corrected chi connectivity index (χ3v) is 6.15. The molecule has 0 aliphatic carbocycles. The van der Waals surface area contributed by atoms with Gasteiger partial charge in [-0.05, 0) is 53.4 Å². The zero-order valence-corrected chi connectivity index (χ0v) is 16.1. The molecule has 1 amide bonds. The van der Waals surface area contributed by atoms with Gasteiger partial charge in [-0.1, -0.05) is 6.42 Å². The number of benzene rings is 1. The molecule has 126 valence electrons. The van der Waals surface area contributed by atoms with Crippen molar-refractivity contribution in [1.82, 2.24) is 4.57 Å². The molecule has 1 atom stereocenters. The number of rotatable bonds is 5. The van der Waals surface area contributed by atoms with E-state index in [-0.39, 0.29) is 18.1 Å². The molecule has 0 saturated carbocycles. The highest BCUT2D eigenvalue weighted by atomic mass is 79.9. The lowest BCUT2D eigenvalue weighted by Gasteiger charge is -2.24. The zero-order chi connectivity index (χ0) is 16.8. The molecule has 1 aromatic rings. The Hall–Kier alpha value is -1.05. The molecule has 0 spiro atoms. The summed E-state index contributed by atoms with van der Waals surface area (Å²) in [4.78, 5) is 12.9. The lowest BCUT2D eigenvalue weighted by molar-refractivity contribution is 0.0856. The van der Waals surface area contributed by atoms with Crippen molar-refractivity contribution in [3.05, 3.63) is 22.2 Å². The maximum absolute atomic E-state index is 12.9. The predicted molar refractivity (Wildman–Crippen MR) is 93.3 cm³/mol. The van der Waals surface area contributed by atoms with E-state index in [4.69, 9.17) is 9.47 Å². The van der Waals surface area contributed by atoms with Gasteiger partial charge in [0.25, 0.3) is 0 Å². The Kier molecular flexibility index (Phi) is 6.92. The highest BCUT2D eigenvalue weighted by Gasteiger charge is 2.27. The van der Waals surface area contributed by atoms with Crippen LogP contribution >= 0.6 is 15.9 Å². The van der Waals surface area contributed by atoms with Crippen LogP contribution in [0.4, 0.5) is 0 Å². The summed E-state index contributed by atoms with van der Waals surface area (Å²) in [5, 5.41) is 9.45. The molecule has 1 aromatic carbocycles. The first kappa shape index (κ1) is 18.3. The molecule has 1 aliphatic heterocycles. The molecule has 5 nitrogen and oxygen atoms in total. The number of amides is 1. The number of methoxy groups -OCH3 is 1. The molecular weight excluding hydrogens is 378 g/mol. The number of hydrogen-bond acceptors (Lipinski definition) is 4. The quantitative estimate of drug-likeness (QED) is 0.773. The highest BCUT2D eigenvalue weighted by Crippen LogP contribution is 2.38. The fourth-order valence-electron chi connectivity index (χ4n) is 2.59. The first-order chi connectivity index (χ1) is 11.1. The van der Waals surface area contributed by atoms with Gasteiger partial charge in [0.15, 0.2) is 21.2 Å². The van der Waals surface area contributed by atoms with E-state index in [9.17, 15) is 9.90 Å². The second-order valence-electron chi connectivity index (χ2n) is 5.35. The predicted octanol–water partition coefficient (Wildman–Crippen LogP) is 2.88. The van der Waals surface area contributed by atoms with Crippen LogP contribution in [-0.2, 0) is 0 Å². The fourth-order valence-corrected chi connectivity index (χ4v) is 4.58. The molecule has 2 radical (unpaired) electrons. The molecule has 1 fully saturated rings.